The highest BCUT2D eigenvalue weighted by Crippen LogP contribution is 2.32. The van der Waals surface area contributed by atoms with Crippen molar-refractivity contribution in [3.05, 3.63) is 34.6 Å². The number of benzene rings is 1. The summed E-state index contributed by atoms with van der Waals surface area (Å²) in [4.78, 5) is 11.8. The average Bonchev–Trinajstić information content (AvgIpc) is 2.64. The van der Waals surface area contributed by atoms with Gasteiger partial charge in [0.2, 0.25) is 0 Å². The largest absolute Gasteiger partial charge is 0.478 e. The monoisotopic (exact) mass is 313 g/mol. The van der Waals surface area contributed by atoms with E-state index in [-0.39, 0.29) is 5.56 Å². The fourth-order valence-corrected chi connectivity index (χ4v) is 2.85. The number of nitrogens with zero attached hydrogens (tertiary/aromatic N) is 3. The summed E-state index contributed by atoms with van der Waals surface area (Å²) in [6.45, 7) is 0. The molecular formula is C10H8BrN3O2S. The fourth-order valence-electron chi connectivity index (χ4n) is 1.26. The lowest BCUT2D eigenvalue weighted by atomic mass is 10.2. The maximum absolute atomic E-state index is 11.2. The molecule has 0 aliphatic heterocycles. The normalized spacial score (nSPS) is 10.5. The van der Waals surface area contributed by atoms with Crippen molar-refractivity contribution in [2.24, 2.45) is 7.05 Å². The summed E-state index contributed by atoms with van der Waals surface area (Å²) in [6, 6.07) is 5.23. The Kier molecular flexibility index (Phi) is 3.49. The van der Waals surface area contributed by atoms with Crippen LogP contribution in [0.5, 0.6) is 0 Å². The smallest absolute Gasteiger partial charge is 0.338 e. The van der Waals surface area contributed by atoms with Crippen LogP contribution in [0.1, 0.15) is 10.4 Å². The summed E-state index contributed by atoms with van der Waals surface area (Å²) >= 11 is 4.50. The van der Waals surface area contributed by atoms with Crippen molar-refractivity contribution in [2.75, 3.05) is 0 Å². The molecule has 0 fully saturated rings. The minimum atomic E-state index is -0.970. The van der Waals surface area contributed by atoms with E-state index < -0.39 is 5.97 Å². The molecule has 17 heavy (non-hydrogen) atoms. The van der Waals surface area contributed by atoms with Crippen LogP contribution >= 0.6 is 27.7 Å². The highest BCUT2D eigenvalue weighted by molar-refractivity contribution is 9.10. The first-order chi connectivity index (χ1) is 8.09. The van der Waals surface area contributed by atoms with E-state index in [1.807, 2.05) is 0 Å². The van der Waals surface area contributed by atoms with Gasteiger partial charge in [-0.3, -0.25) is 0 Å². The summed E-state index contributed by atoms with van der Waals surface area (Å²) in [5.74, 6) is -0.970. The van der Waals surface area contributed by atoms with Crippen molar-refractivity contribution < 1.29 is 9.90 Å². The Balaban J connectivity index is 2.43. The second-order valence-electron chi connectivity index (χ2n) is 3.24. The van der Waals surface area contributed by atoms with Gasteiger partial charge in [-0.05, 0) is 39.8 Å². The summed E-state index contributed by atoms with van der Waals surface area (Å²) < 4.78 is 2.29. The van der Waals surface area contributed by atoms with Crippen LogP contribution in [0.15, 0.2) is 39.1 Å². The third-order valence-corrected chi connectivity index (χ3v) is 3.83. The van der Waals surface area contributed by atoms with Gasteiger partial charge in [-0.25, -0.2) is 4.79 Å². The maximum atomic E-state index is 11.2. The molecule has 0 aliphatic rings. The van der Waals surface area contributed by atoms with Gasteiger partial charge in [0.15, 0.2) is 5.16 Å². The van der Waals surface area contributed by atoms with E-state index in [1.165, 1.54) is 11.8 Å². The zero-order chi connectivity index (χ0) is 12.4. The number of hydrogen-bond acceptors (Lipinski definition) is 4. The standard InChI is InChI=1S/C10H8BrN3O2S/c1-14-5-12-13-10(14)17-7-4-2-3-6(11)8(7)9(15)16/h2-5H,1H3,(H,15,16). The number of rotatable bonds is 3. The topological polar surface area (TPSA) is 68.0 Å². The van der Waals surface area contributed by atoms with Crippen molar-refractivity contribution in [3.63, 3.8) is 0 Å². The van der Waals surface area contributed by atoms with Gasteiger partial charge < -0.3 is 9.67 Å². The van der Waals surface area contributed by atoms with E-state index in [9.17, 15) is 4.79 Å². The van der Waals surface area contributed by atoms with E-state index in [0.29, 0.717) is 14.5 Å². The van der Waals surface area contributed by atoms with E-state index >= 15 is 0 Å². The number of aromatic nitrogens is 3. The summed E-state index contributed by atoms with van der Waals surface area (Å²) in [7, 11) is 1.81. The van der Waals surface area contributed by atoms with Crippen LogP contribution in [-0.4, -0.2) is 25.8 Å². The maximum Gasteiger partial charge on any atom is 0.338 e. The first kappa shape index (κ1) is 12.1. The molecule has 0 bridgehead atoms. The molecule has 2 aromatic rings. The van der Waals surface area contributed by atoms with Crippen molar-refractivity contribution in [2.45, 2.75) is 10.1 Å². The Morgan fingerprint density at radius 1 is 1.53 bits per heavy atom. The van der Waals surface area contributed by atoms with E-state index in [0.717, 1.165) is 0 Å². The van der Waals surface area contributed by atoms with Crippen molar-refractivity contribution in [1.29, 1.82) is 0 Å². The van der Waals surface area contributed by atoms with Crippen molar-refractivity contribution in [1.82, 2.24) is 14.8 Å². The van der Waals surface area contributed by atoms with Gasteiger partial charge in [0.25, 0.3) is 0 Å². The molecule has 1 heterocycles. The summed E-state index contributed by atoms with van der Waals surface area (Å²) in [6.07, 6.45) is 1.57. The molecule has 0 amide bonds. The molecule has 0 unspecified atom stereocenters. The lowest BCUT2D eigenvalue weighted by Crippen LogP contribution is -2.01. The van der Waals surface area contributed by atoms with Gasteiger partial charge in [0.1, 0.15) is 6.33 Å². The first-order valence-electron chi connectivity index (χ1n) is 4.63. The second kappa shape index (κ2) is 4.89. The zero-order valence-corrected chi connectivity index (χ0v) is 11.2. The van der Waals surface area contributed by atoms with E-state index in [2.05, 4.69) is 26.1 Å². The molecule has 1 aromatic heterocycles. The number of halogens is 1. The number of carboxylic acid groups (broad SMARTS) is 1. The minimum absolute atomic E-state index is 0.237. The molecule has 0 saturated heterocycles. The van der Waals surface area contributed by atoms with Crippen LogP contribution in [0, 0.1) is 0 Å². The number of aromatic carboxylic acids is 1. The summed E-state index contributed by atoms with van der Waals surface area (Å²) in [5, 5.41) is 17.5. The predicted octanol–water partition coefficient (Wildman–Crippen LogP) is 2.43. The lowest BCUT2D eigenvalue weighted by molar-refractivity contribution is 0.0692. The Morgan fingerprint density at radius 2 is 2.29 bits per heavy atom. The van der Waals surface area contributed by atoms with Crippen LogP contribution in [0.2, 0.25) is 0 Å². The lowest BCUT2D eigenvalue weighted by Gasteiger charge is -2.06. The number of carbonyl (C=O) groups is 1. The quantitative estimate of drug-likeness (QED) is 0.942. The van der Waals surface area contributed by atoms with Crippen LogP contribution in [0.25, 0.3) is 0 Å². The molecule has 88 valence electrons. The highest BCUT2D eigenvalue weighted by Gasteiger charge is 2.16. The number of aryl methyl sites for hydroxylation is 1. The molecule has 0 spiro atoms. The van der Waals surface area contributed by atoms with Gasteiger partial charge in [-0.1, -0.05) is 6.07 Å². The Hall–Kier alpha value is -1.34. The zero-order valence-electron chi connectivity index (χ0n) is 8.79. The fraction of sp³-hybridized carbons (Fsp3) is 0.100. The first-order valence-corrected chi connectivity index (χ1v) is 6.24. The molecule has 1 aromatic carbocycles. The predicted molar refractivity (Wildman–Crippen MR) is 66.2 cm³/mol. The van der Waals surface area contributed by atoms with Crippen molar-refractivity contribution >= 4 is 33.7 Å². The molecule has 0 radical (unpaired) electrons. The Bertz CT molecular complexity index is 570. The van der Waals surface area contributed by atoms with Crippen LogP contribution < -0.4 is 0 Å². The van der Waals surface area contributed by atoms with Crippen LogP contribution in [0.3, 0.4) is 0 Å². The third kappa shape index (κ3) is 2.50. The van der Waals surface area contributed by atoms with Gasteiger partial charge >= 0.3 is 5.97 Å². The Morgan fingerprint density at radius 3 is 2.88 bits per heavy atom. The molecule has 0 saturated carbocycles. The Labute approximate surface area is 110 Å². The van der Waals surface area contributed by atoms with Crippen LogP contribution in [0.4, 0.5) is 0 Å². The third-order valence-electron chi connectivity index (χ3n) is 2.06. The SMILES string of the molecule is Cn1cnnc1Sc1cccc(Br)c1C(=O)O. The minimum Gasteiger partial charge on any atom is -0.478 e. The molecule has 5 nitrogen and oxygen atoms in total. The molecular weight excluding hydrogens is 306 g/mol. The van der Waals surface area contributed by atoms with Gasteiger partial charge in [-0.2, -0.15) is 0 Å². The molecule has 2 rings (SSSR count). The average molecular weight is 314 g/mol. The van der Waals surface area contributed by atoms with E-state index in [1.54, 1.807) is 36.1 Å². The van der Waals surface area contributed by atoms with Gasteiger partial charge in [0, 0.05) is 16.4 Å². The highest BCUT2D eigenvalue weighted by atomic mass is 79.9. The van der Waals surface area contributed by atoms with Gasteiger partial charge in [0.05, 0.1) is 5.56 Å². The van der Waals surface area contributed by atoms with Crippen LogP contribution in [-0.2, 0) is 7.05 Å². The molecule has 0 aliphatic carbocycles. The summed E-state index contributed by atoms with van der Waals surface area (Å²) in [5.41, 5.74) is 0.237. The van der Waals surface area contributed by atoms with E-state index in [4.69, 9.17) is 5.11 Å². The number of carboxylic acids is 1. The van der Waals surface area contributed by atoms with Crippen molar-refractivity contribution in [3.8, 4) is 0 Å². The van der Waals surface area contributed by atoms with Gasteiger partial charge in [-0.15, -0.1) is 10.2 Å². The molecule has 0 atom stereocenters. The molecule has 1 N–H and O–H groups in total. The second-order valence-corrected chi connectivity index (χ2v) is 5.11. The molecule has 7 heteroatoms. The number of hydrogen-bond donors (Lipinski definition) is 1.